The van der Waals surface area contributed by atoms with Crippen LogP contribution in [0.1, 0.15) is 11.6 Å². The molecule has 2 aromatic carbocycles. The third-order valence-corrected chi connectivity index (χ3v) is 2.73. The minimum absolute atomic E-state index is 0.177. The largest absolute Gasteiger partial charge is 0.329 e. The van der Waals surface area contributed by atoms with Crippen LogP contribution in [-0.2, 0) is 0 Å². The molecular formula is C14H15FN2. The van der Waals surface area contributed by atoms with Crippen molar-refractivity contribution in [2.75, 3.05) is 6.54 Å². The van der Waals surface area contributed by atoms with E-state index < -0.39 is 0 Å². The second-order valence-electron chi connectivity index (χ2n) is 3.98. The number of rotatable bonds is 3. The quantitative estimate of drug-likeness (QED) is 0.851. The van der Waals surface area contributed by atoms with Crippen molar-refractivity contribution in [2.45, 2.75) is 6.04 Å². The van der Waals surface area contributed by atoms with Crippen molar-refractivity contribution in [3.05, 3.63) is 59.9 Å². The zero-order valence-corrected chi connectivity index (χ0v) is 9.44. The van der Waals surface area contributed by atoms with Crippen molar-refractivity contribution < 1.29 is 4.39 Å². The highest BCUT2D eigenvalue weighted by atomic mass is 19.1. The van der Waals surface area contributed by atoms with Gasteiger partial charge in [0.05, 0.1) is 0 Å². The molecule has 88 valence electrons. The van der Waals surface area contributed by atoms with Crippen LogP contribution in [0.3, 0.4) is 0 Å². The normalized spacial score (nSPS) is 12.4. The van der Waals surface area contributed by atoms with E-state index in [9.17, 15) is 4.39 Å². The molecule has 0 aliphatic carbocycles. The van der Waals surface area contributed by atoms with E-state index in [1.807, 2.05) is 30.3 Å². The van der Waals surface area contributed by atoms with Gasteiger partial charge in [-0.1, -0.05) is 30.3 Å². The predicted molar refractivity (Wildman–Crippen MR) is 67.8 cm³/mol. The van der Waals surface area contributed by atoms with Gasteiger partial charge in [0, 0.05) is 12.6 Å². The second-order valence-corrected chi connectivity index (χ2v) is 3.98. The number of nitrogens with two attached hydrogens (primary N) is 2. The third-order valence-electron chi connectivity index (χ3n) is 2.73. The first kappa shape index (κ1) is 11.8. The van der Waals surface area contributed by atoms with Gasteiger partial charge in [0.2, 0.25) is 0 Å². The van der Waals surface area contributed by atoms with E-state index in [0.717, 1.165) is 16.7 Å². The van der Waals surface area contributed by atoms with Gasteiger partial charge < -0.3 is 11.5 Å². The molecule has 0 spiro atoms. The molecule has 0 aliphatic rings. The fourth-order valence-corrected chi connectivity index (χ4v) is 1.75. The van der Waals surface area contributed by atoms with Gasteiger partial charge in [-0.3, -0.25) is 0 Å². The first-order valence-electron chi connectivity index (χ1n) is 5.52. The molecule has 2 nitrogen and oxygen atoms in total. The fraction of sp³-hybridized carbons (Fsp3) is 0.143. The number of halogens is 1. The van der Waals surface area contributed by atoms with Gasteiger partial charge in [-0.05, 0) is 34.9 Å². The van der Waals surface area contributed by atoms with Gasteiger partial charge in [0.1, 0.15) is 5.82 Å². The van der Waals surface area contributed by atoms with Crippen molar-refractivity contribution in [1.82, 2.24) is 0 Å². The molecule has 0 fully saturated rings. The molecule has 1 atom stereocenters. The maximum Gasteiger partial charge on any atom is 0.123 e. The van der Waals surface area contributed by atoms with Gasteiger partial charge in [-0.25, -0.2) is 4.39 Å². The molecule has 2 aromatic rings. The van der Waals surface area contributed by atoms with Crippen LogP contribution >= 0.6 is 0 Å². The molecule has 1 unspecified atom stereocenters. The molecule has 3 heteroatoms. The molecule has 0 amide bonds. The summed E-state index contributed by atoms with van der Waals surface area (Å²) in [4.78, 5) is 0. The van der Waals surface area contributed by atoms with E-state index in [2.05, 4.69) is 0 Å². The molecule has 0 saturated heterocycles. The zero-order chi connectivity index (χ0) is 12.3. The van der Waals surface area contributed by atoms with Crippen molar-refractivity contribution in [1.29, 1.82) is 0 Å². The van der Waals surface area contributed by atoms with Gasteiger partial charge >= 0.3 is 0 Å². The predicted octanol–water partition coefficient (Wildman–Crippen LogP) is 2.45. The Labute approximate surface area is 100 Å². The average Bonchev–Trinajstić information content (AvgIpc) is 2.38. The van der Waals surface area contributed by atoms with Crippen molar-refractivity contribution in [3.8, 4) is 11.1 Å². The van der Waals surface area contributed by atoms with E-state index in [0.29, 0.717) is 6.54 Å². The molecule has 0 aliphatic heterocycles. The number of benzene rings is 2. The Morgan fingerprint density at radius 3 is 2.29 bits per heavy atom. The second kappa shape index (κ2) is 5.08. The van der Waals surface area contributed by atoms with E-state index in [-0.39, 0.29) is 11.9 Å². The van der Waals surface area contributed by atoms with Crippen LogP contribution in [-0.4, -0.2) is 6.54 Å². The molecule has 4 N–H and O–H groups in total. The lowest BCUT2D eigenvalue weighted by atomic mass is 10.00. The Hall–Kier alpha value is -1.71. The summed E-state index contributed by atoms with van der Waals surface area (Å²) in [5.74, 6) is -0.240. The SMILES string of the molecule is NCC(N)c1cccc(-c2cccc(F)c2)c1. The lowest BCUT2D eigenvalue weighted by Crippen LogP contribution is -2.20. The van der Waals surface area contributed by atoms with Crippen molar-refractivity contribution in [3.63, 3.8) is 0 Å². The van der Waals surface area contributed by atoms with Crippen LogP contribution < -0.4 is 11.5 Å². The van der Waals surface area contributed by atoms with Gasteiger partial charge in [-0.15, -0.1) is 0 Å². The Morgan fingerprint density at radius 2 is 1.65 bits per heavy atom. The summed E-state index contributed by atoms with van der Waals surface area (Å²) in [6, 6.07) is 14.0. The Morgan fingerprint density at radius 1 is 1.00 bits per heavy atom. The summed E-state index contributed by atoms with van der Waals surface area (Å²) >= 11 is 0. The molecule has 0 heterocycles. The summed E-state index contributed by atoms with van der Waals surface area (Å²) in [6.45, 7) is 0.395. The Kier molecular flexibility index (Phi) is 3.52. The monoisotopic (exact) mass is 230 g/mol. The topological polar surface area (TPSA) is 52.0 Å². The average molecular weight is 230 g/mol. The summed E-state index contributed by atoms with van der Waals surface area (Å²) < 4.78 is 13.1. The number of hydrogen-bond acceptors (Lipinski definition) is 2. The lowest BCUT2D eigenvalue weighted by Gasteiger charge is -2.11. The van der Waals surface area contributed by atoms with Gasteiger partial charge in [0.25, 0.3) is 0 Å². The first-order chi connectivity index (χ1) is 8.20. The summed E-state index contributed by atoms with van der Waals surface area (Å²) in [7, 11) is 0. The number of hydrogen-bond donors (Lipinski definition) is 2. The van der Waals surface area contributed by atoms with E-state index >= 15 is 0 Å². The van der Waals surface area contributed by atoms with E-state index in [1.165, 1.54) is 12.1 Å². The summed E-state index contributed by atoms with van der Waals surface area (Å²) in [5.41, 5.74) is 14.2. The van der Waals surface area contributed by atoms with Crippen molar-refractivity contribution >= 4 is 0 Å². The minimum atomic E-state index is -0.240. The fourth-order valence-electron chi connectivity index (χ4n) is 1.75. The molecule has 0 radical (unpaired) electrons. The van der Waals surface area contributed by atoms with Crippen LogP contribution in [0.5, 0.6) is 0 Å². The molecule has 0 aromatic heterocycles. The van der Waals surface area contributed by atoms with Crippen LogP contribution in [0.15, 0.2) is 48.5 Å². The maximum atomic E-state index is 13.1. The molecule has 17 heavy (non-hydrogen) atoms. The summed E-state index contributed by atoms with van der Waals surface area (Å²) in [5, 5.41) is 0. The zero-order valence-electron chi connectivity index (χ0n) is 9.44. The van der Waals surface area contributed by atoms with Gasteiger partial charge in [0.15, 0.2) is 0 Å². The Bertz CT molecular complexity index is 511. The van der Waals surface area contributed by atoms with Crippen LogP contribution in [0.2, 0.25) is 0 Å². The van der Waals surface area contributed by atoms with Crippen LogP contribution in [0.25, 0.3) is 11.1 Å². The molecule has 2 rings (SSSR count). The highest BCUT2D eigenvalue weighted by Gasteiger charge is 2.05. The maximum absolute atomic E-state index is 13.1. The standard InChI is InChI=1S/C14H15FN2/c15-13-6-2-4-11(8-13)10-3-1-5-12(7-10)14(17)9-16/h1-8,14H,9,16-17H2. The molecule has 0 saturated carbocycles. The van der Waals surface area contributed by atoms with Crippen LogP contribution in [0.4, 0.5) is 4.39 Å². The Balaban J connectivity index is 2.39. The van der Waals surface area contributed by atoms with E-state index in [4.69, 9.17) is 11.5 Å². The minimum Gasteiger partial charge on any atom is -0.329 e. The highest BCUT2D eigenvalue weighted by Crippen LogP contribution is 2.22. The van der Waals surface area contributed by atoms with E-state index in [1.54, 1.807) is 6.07 Å². The van der Waals surface area contributed by atoms with Gasteiger partial charge in [-0.2, -0.15) is 0 Å². The van der Waals surface area contributed by atoms with Crippen molar-refractivity contribution in [2.24, 2.45) is 11.5 Å². The third kappa shape index (κ3) is 2.70. The lowest BCUT2D eigenvalue weighted by molar-refractivity contribution is 0.628. The molecular weight excluding hydrogens is 215 g/mol. The first-order valence-corrected chi connectivity index (χ1v) is 5.52. The smallest absolute Gasteiger partial charge is 0.123 e. The highest BCUT2D eigenvalue weighted by molar-refractivity contribution is 5.64. The van der Waals surface area contributed by atoms with Crippen LogP contribution in [0, 0.1) is 5.82 Å². The molecule has 0 bridgehead atoms. The summed E-state index contributed by atoms with van der Waals surface area (Å²) in [6.07, 6.45) is 0.